The van der Waals surface area contributed by atoms with E-state index in [2.05, 4.69) is 10.6 Å². The van der Waals surface area contributed by atoms with Crippen LogP contribution in [0.5, 0.6) is 0 Å². The van der Waals surface area contributed by atoms with Crippen LogP contribution in [0.1, 0.15) is 37.4 Å². The van der Waals surface area contributed by atoms with Crippen LogP contribution in [-0.4, -0.2) is 36.1 Å². The van der Waals surface area contributed by atoms with Crippen molar-refractivity contribution in [3.05, 3.63) is 82.0 Å². The minimum absolute atomic E-state index is 0.0919. The number of imide groups is 1. The first-order chi connectivity index (χ1) is 15.4. The lowest BCUT2D eigenvalue weighted by atomic mass is 9.93. The summed E-state index contributed by atoms with van der Waals surface area (Å²) >= 11 is 6.16. The fraction of sp³-hybridized carbons (Fsp3) is 0.292. The van der Waals surface area contributed by atoms with Crippen LogP contribution in [-0.2, 0) is 16.0 Å². The number of nitrogens with one attached hydrogen (secondary N) is 2. The maximum atomic E-state index is 13.2. The lowest BCUT2D eigenvalue weighted by Gasteiger charge is -2.36. The van der Waals surface area contributed by atoms with E-state index >= 15 is 0 Å². The number of hydrogen-bond donors (Lipinski definition) is 2. The van der Waals surface area contributed by atoms with E-state index in [1.165, 1.54) is 5.56 Å². The van der Waals surface area contributed by atoms with Gasteiger partial charge in [0.1, 0.15) is 6.04 Å². The van der Waals surface area contributed by atoms with Gasteiger partial charge in [-0.15, -0.1) is 0 Å². The Hall–Kier alpha value is -3.32. The van der Waals surface area contributed by atoms with Crippen molar-refractivity contribution in [2.24, 2.45) is 0 Å². The molecular weight excluding hydrogens is 430 g/mol. The Labute approximate surface area is 192 Å². The normalized spacial score (nSPS) is 15.9. The van der Waals surface area contributed by atoms with Crippen LogP contribution in [0.25, 0.3) is 0 Å². The monoisotopic (exact) mass is 455 g/mol. The summed E-state index contributed by atoms with van der Waals surface area (Å²) in [5.41, 5.74) is 2.36. The molecule has 2 aromatic rings. The molecule has 1 unspecified atom stereocenters. The van der Waals surface area contributed by atoms with Gasteiger partial charge in [-0.2, -0.15) is 0 Å². The number of ether oxygens (including phenoxy) is 1. The van der Waals surface area contributed by atoms with Gasteiger partial charge in [-0.05, 0) is 49.9 Å². The fourth-order valence-electron chi connectivity index (χ4n) is 3.64. The van der Waals surface area contributed by atoms with Crippen molar-refractivity contribution in [1.82, 2.24) is 15.5 Å². The van der Waals surface area contributed by atoms with Crippen molar-refractivity contribution in [3.8, 4) is 0 Å². The average Bonchev–Trinajstić information content (AvgIpc) is 2.77. The highest BCUT2D eigenvalue weighted by Gasteiger charge is 2.42. The van der Waals surface area contributed by atoms with Gasteiger partial charge in [-0.1, -0.05) is 54.1 Å². The molecule has 4 amide bonds. The third kappa shape index (κ3) is 5.48. The highest BCUT2D eigenvalue weighted by molar-refractivity contribution is 6.30. The van der Waals surface area contributed by atoms with Crippen LogP contribution >= 0.6 is 11.6 Å². The molecule has 8 heteroatoms. The van der Waals surface area contributed by atoms with Gasteiger partial charge < -0.3 is 15.4 Å². The molecule has 0 saturated carbocycles. The smallest absolute Gasteiger partial charge is 0.418 e. The molecular formula is C24H26ClN3O4. The zero-order valence-electron chi connectivity index (χ0n) is 18.1. The first kappa shape index (κ1) is 23.3. The van der Waals surface area contributed by atoms with Gasteiger partial charge in [0.2, 0.25) is 0 Å². The molecule has 1 aliphatic heterocycles. The summed E-state index contributed by atoms with van der Waals surface area (Å²) in [5.74, 6) is -0.366. The highest BCUT2D eigenvalue weighted by Crippen LogP contribution is 2.35. The van der Waals surface area contributed by atoms with Crippen molar-refractivity contribution >= 4 is 29.6 Å². The molecule has 0 aromatic heterocycles. The summed E-state index contributed by atoms with van der Waals surface area (Å²) < 4.78 is 5.08. The number of benzene rings is 2. The van der Waals surface area contributed by atoms with Gasteiger partial charge in [0, 0.05) is 17.3 Å². The molecule has 1 aliphatic rings. The minimum Gasteiger partial charge on any atom is -0.449 e. The summed E-state index contributed by atoms with van der Waals surface area (Å²) in [6.45, 7) is 3.82. The van der Waals surface area contributed by atoms with Crippen molar-refractivity contribution in [3.63, 3.8) is 0 Å². The predicted molar refractivity (Wildman–Crippen MR) is 122 cm³/mol. The predicted octanol–water partition coefficient (Wildman–Crippen LogP) is 4.59. The van der Waals surface area contributed by atoms with E-state index in [0.717, 1.165) is 17.7 Å². The van der Waals surface area contributed by atoms with Gasteiger partial charge in [0.25, 0.3) is 5.91 Å². The number of allylic oxidation sites excluding steroid dienone is 1. The molecule has 0 fully saturated rings. The van der Waals surface area contributed by atoms with Gasteiger partial charge in [-0.3, -0.25) is 4.79 Å². The Morgan fingerprint density at radius 3 is 2.59 bits per heavy atom. The second kappa shape index (κ2) is 10.8. The molecule has 1 heterocycles. The lowest BCUT2D eigenvalue weighted by Crippen LogP contribution is -2.52. The van der Waals surface area contributed by atoms with E-state index in [1.54, 1.807) is 38.1 Å². The van der Waals surface area contributed by atoms with Gasteiger partial charge in [0.05, 0.1) is 12.2 Å². The summed E-state index contributed by atoms with van der Waals surface area (Å²) in [6, 6.07) is 15.1. The van der Waals surface area contributed by atoms with E-state index < -0.39 is 18.2 Å². The number of halogens is 1. The van der Waals surface area contributed by atoms with E-state index in [4.69, 9.17) is 16.3 Å². The molecule has 32 heavy (non-hydrogen) atoms. The summed E-state index contributed by atoms with van der Waals surface area (Å²) in [6.07, 6.45) is 0.734. The quantitative estimate of drug-likeness (QED) is 0.598. The first-order valence-corrected chi connectivity index (χ1v) is 10.9. The maximum Gasteiger partial charge on any atom is 0.418 e. The number of carbonyl (C=O) groups is 3. The number of amides is 4. The van der Waals surface area contributed by atoms with Crippen LogP contribution < -0.4 is 10.6 Å². The van der Waals surface area contributed by atoms with Crippen molar-refractivity contribution in [1.29, 1.82) is 0 Å². The molecule has 168 valence electrons. The molecule has 7 nitrogen and oxygen atoms in total. The van der Waals surface area contributed by atoms with Crippen LogP contribution in [0.15, 0.2) is 65.9 Å². The fourth-order valence-corrected chi connectivity index (χ4v) is 3.84. The molecule has 0 aliphatic carbocycles. The molecule has 0 bridgehead atoms. The van der Waals surface area contributed by atoms with Gasteiger partial charge in [-0.25, -0.2) is 14.5 Å². The standard InChI is InChI=1S/C24H26ClN3O4/c1-3-32-24(31)28-21(18-12-7-13-19(25)15-18)20(16(2)27-23(28)30)22(29)26-14-8-11-17-9-5-4-6-10-17/h4-7,9-10,12-13,15,21H,3,8,11,14H2,1-2H3,(H,26,29)(H,27,30). The molecule has 0 radical (unpaired) electrons. The summed E-state index contributed by atoms with van der Waals surface area (Å²) in [4.78, 5) is 39.4. The third-order valence-electron chi connectivity index (χ3n) is 5.09. The third-order valence-corrected chi connectivity index (χ3v) is 5.33. The Morgan fingerprint density at radius 2 is 1.91 bits per heavy atom. The van der Waals surface area contributed by atoms with Crippen LogP contribution in [0.3, 0.4) is 0 Å². The number of urea groups is 1. The largest absolute Gasteiger partial charge is 0.449 e. The molecule has 1 atom stereocenters. The minimum atomic E-state index is -0.962. The number of aryl methyl sites for hydroxylation is 1. The average molecular weight is 456 g/mol. The molecule has 2 aromatic carbocycles. The number of nitrogens with zero attached hydrogens (tertiary/aromatic N) is 1. The van der Waals surface area contributed by atoms with E-state index in [-0.39, 0.29) is 18.1 Å². The first-order valence-electron chi connectivity index (χ1n) is 10.5. The topological polar surface area (TPSA) is 87.7 Å². The Bertz CT molecular complexity index is 1020. The Balaban J connectivity index is 1.84. The zero-order chi connectivity index (χ0) is 23.1. The number of hydrogen-bond acceptors (Lipinski definition) is 4. The Morgan fingerprint density at radius 1 is 1.16 bits per heavy atom. The van der Waals surface area contributed by atoms with Crippen molar-refractivity contribution in [2.45, 2.75) is 32.7 Å². The zero-order valence-corrected chi connectivity index (χ0v) is 18.8. The van der Waals surface area contributed by atoms with Crippen molar-refractivity contribution < 1.29 is 19.1 Å². The number of carbonyl (C=O) groups excluding carboxylic acids is 3. The van der Waals surface area contributed by atoms with Crippen LogP contribution in [0, 0.1) is 0 Å². The van der Waals surface area contributed by atoms with Crippen molar-refractivity contribution in [2.75, 3.05) is 13.2 Å². The van der Waals surface area contributed by atoms with Crippen LogP contribution in [0.2, 0.25) is 5.02 Å². The molecule has 0 spiro atoms. The van der Waals surface area contributed by atoms with Gasteiger partial charge in [0.15, 0.2) is 0 Å². The second-order valence-corrected chi connectivity index (χ2v) is 7.78. The lowest BCUT2D eigenvalue weighted by molar-refractivity contribution is -0.118. The second-order valence-electron chi connectivity index (χ2n) is 7.34. The highest BCUT2D eigenvalue weighted by atomic mass is 35.5. The molecule has 2 N–H and O–H groups in total. The number of rotatable bonds is 7. The molecule has 0 saturated heterocycles. The summed E-state index contributed by atoms with van der Waals surface area (Å²) in [5, 5.41) is 5.94. The van der Waals surface area contributed by atoms with E-state index in [1.807, 2.05) is 30.3 Å². The van der Waals surface area contributed by atoms with E-state index in [9.17, 15) is 14.4 Å². The Kier molecular flexibility index (Phi) is 7.89. The van der Waals surface area contributed by atoms with E-state index in [0.29, 0.717) is 22.8 Å². The van der Waals surface area contributed by atoms with Gasteiger partial charge >= 0.3 is 12.1 Å². The maximum absolute atomic E-state index is 13.2. The summed E-state index contributed by atoms with van der Waals surface area (Å²) in [7, 11) is 0. The molecule has 3 rings (SSSR count). The van der Waals surface area contributed by atoms with Crippen LogP contribution in [0.4, 0.5) is 9.59 Å². The SMILES string of the molecule is CCOC(=O)N1C(=O)NC(C)=C(C(=O)NCCCc2ccccc2)C1c1cccc(Cl)c1.